The van der Waals surface area contributed by atoms with Crippen molar-refractivity contribution in [2.75, 3.05) is 32.8 Å². The maximum absolute atomic E-state index is 12.7. The second-order valence-electron chi connectivity index (χ2n) is 6.75. The van der Waals surface area contributed by atoms with Gasteiger partial charge in [-0.1, -0.05) is 6.92 Å². The van der Waals surface area contributed by atoms with Crippen LogP contribution >= 0.6 is 0 Å². The molecule has 0 spiro atoms. The predicted molar refractivity (Wildman–Crippen MR) is 102 cm³/mol. The summed E-state index contributed by atoms with van der Waals surface area (Å²) in [5, 5.41) is 0. The average molecular weight is 397 g/mol. The number of piperidine rings is 1. The lowest BCUT2D eigenvalue weighted by Crippen LogP contribution is -2.37. The number of hydrogen-bond donors (Lipinski definition) is 0. The van der Waals surface area contributed by atoms with Crippen LogP contribution in [-0.2, 0) is 19.6 Å². The van der Waals surface area contributed by atoms with Gasteiger partial charge < -0.3 is 9.64 Å². The summed E-state index contributed by atoms with van der Waals surface area (Å²) in [6.45, 7) is 7.63. The van der Waals surface area contributed by atoms with Crippen molar-refractivity contribution >= 4 is 21.9 Å². The summed E-state index contributed by atoms with van der Waals surface area (Å²) in [7, 11) is -3.55. The molecule has 0 aromatic heterocycles. The first-order valence-corrected chi connectivity index (χ1v) is 10.8. The number of likely N-dealkylation sites (N-methyl/N-ethyl adjacent to an activating group) is 1. The maximum atomic E-state index is 12.7. The Morgan fingerprint density at radius 3 is 2.19 bits per heavy atom. The van der Waals surface area contributed by atoms with E-state index in [0.29, 0.717) is 32.1 Å². The molecule has 1 amide bonds. The molecule has 1 aromatic rings. The van der Waals surface area contributed by atoms with Crippen LogP contribution in [0.2, 0.25) is 0 Å². The Balaban J connectivity index is 2.00. The van der Waals surface area contributed by atoms with Gasteiger partial charge in [0.05, 0.1) is 10.5 Å². The molecule has 1 fully saturated rings. The molecular formula is C19H28N2O5S. The Kier molecular flexibility index (Phi) is 7.38. The third kappa shape index (κ3) is 5.29. The van der Waals surface area contributed by atoms with Gasteiger partial charge in [0.2, 0.25) is 10.0 Å². The maximum Gasteiger partial charge on any atom is 0.338 e. The van der Waals surface area contributed by atoms with E-state index in [4.69, 9.17) is 4.74 Å². The monoisotopic (exact) mass is 396 g/mol. The molecule has 0 aliphatic carbocycles. The fraction of sp³-hybridized carbons (Fsp3) is 0.579. The molecule has 0 N–H and O–H groups in total. The van der Waals surface area contributed by atoms with E-state index in [1.807, 2.05) is 13.8 Å². The summed E-state index contributed by atoms with van der Waals surface area (Å²) in [4.78, 5) is 25.7. The molecule has 1 aliphatic rings. The molecule has 150 valence electrons. The minimum absolute atomic E-state index is 0.160. The molecule has 1 heterocycles. The second-order valence-corrected chi connectivity index (χ2v) is 8.69. The molecule has 8 heteroatoms. The van der Waals surface area contributed by atoms with Crippen molar-refractivity contribution in [2.45, 2.75) is 38.5 Å². The van der Waals surface area contributed by atoms with Gasteiger partial charge in [-0.15, -0.1) is 0 Å². The second kappa shape index (κ2) is 9.32. The van der Waals surface area contributed by atoms with Crippen molar-refractivity contribution in [3.05, 3.63) is 29.8 Å². The average Bonchev–Trinajstić information content (AvgIpc) is 2.67. The van der Waals surface area contributed by atoms with Crippen LogP contribution in [-0.4, -0.2) is 62.3 Å². The van der Waals surface area contributed by atoms with E-state index < -0.39 is 16.0 Å². The fourth-order valence-electron chi connectivity index (χ4n) is 3.02. The van der Waals surface area contributed by atoms with Crippen LogP contribution in [0.3, 0.4) is 0 Å². The minimum Gasteiger partial charge on any atom is -0.452 e. The SMILES string of the molecule is CCN(CC)C(=O)COC(=O)c1ccc(S(=O)(=O)N2CCC(C)CC2)cc1. The van der Waals surface area contributed by atoms with E-state index in [-0.39, 0.29) is 23.0 Å². The predicted octanol–water partition coefficient (Wildman–Crippen LogP) is 2.13. The lowest BCUT2D eigenvalue weighted by molar-refractivity contribution is -0.134. The summed E-state index contributed by atoms with van der Waals surface area (Å²) in [6.07, 6.45) is 1.70. The molecular weight excluding hydrogens is 368 g/mol. The lowest BCUT2D eigenvalue weighted by Gasteiger charge is -2.29. The number of carbonyl (C=O) groups is 2. The quantitative estimate of drug-likeness (QED) is 0.659. The highest BCUT2D eigenvalue weighted by Crippen LogP contribution is 2.23. The summed E-state index contributed by atoms with van der Waals surface area (Å²) >= 11 is 0. The highest BCUT2D eigenvalue weighted by atomic mass is 32.2. The van der Waals surface area contributed by atoms with E-state index >= 15 is 0 Å². The van der Waals surface area contributed by atoms with Crippen molar-refractivity contribution < 1.29 is 22.7 Å². The fourth-order valence-corrected chi connectivity index (χ4v) is 4.49. The van der Waals surface area contributed by atoms with Crippen LogP contribution in [0, 0.1) is 5.92 Å². The van der Waals surface area contributed by atoms with Gasteiger partial charge in [0, 0.05) is 26.2 Å². The number of amides is 1. The Bertz CT molecular complexity index is 749. The molecule has 0 unspecified atom stereocenters. The third-order valence-corrected chi connectivity index (χ3v) is 6.83. The van der Waals surface area contributed by atoms with Gasteiger partial charge >= 0.3 is 5.97 Å². The molecule has 0 atom stereocenters. The highest BCUT2D eigenvalue weighted by Gasteiger charge is 2.28. The summed E-state index contributed by atoms with van der Waals surface area (Å²) in [5.41, 5.74) is 0.216. The molecule has 1 aromatic carbocycles. The highest BCUT2D eigenvalue weighted by molar-refractivity contribution is 7.89. The van der Waals surface area contributed by atoms with Crippen molar-refractivity contribution in [1.29, 1.82) is 0 Å². The zero-order valence-corrected chi connectivity index (χ0v) is 17.0. The number of benzene rings is 1. The largest absolute Gasteiger partial charge is 0.452 e. The number of ether oxygens (including phenoxy) is 1. The molecule has 27 heavy (non-hydrogen) atoms. The topological polar surface area (TPSA) is 84.0 Å². The first-order chi connectivity index (χ1) is 12.8. The first kappa shape index (κ1) is 21.4. The van der Waals surface area contributed by atoms with Crippen LogP contribution in [0.25, 0.3) is 0 Å². The smallest absolute Gasteiger partial charge is 0.338 e. The van der Waals surface area contributed by atoms with Crippen LogP contribution in [0.1, 0.15) is 44.0 Å². The molecule has 1 saturated heterocycles. The van der Waals surface area contributed by atoms with Gasteiger partial charge in [0.15, 0.2) is 6.61 Å². The van der Waals surface area contributed by atoms with Gasteiger partial charge in [0.25, 0.3) is 5.91 Å². The number of hydrogen-bond acceptors (Lipinski definition) is 5. The van der Waals surface area contributed by atoms with Crippen LogP contribution in [0.4, 0.5) is 0 Å². The number of rotatable bonds is 7. The van der Waals surface area contributed by atoms with Crippen LogP contribution in [0.15, 0.2) is 29.2 Å². The molecule has 2 rings (SSSR count). The van der Waals surface area contributed by atoms with Crippen molar-refractivity contribution in [1.82, 2.24) is 9.21 Å². The van der Waals surface area contributed by atoms with Crippen LogP contribution < -0.4 is 0 Å². The van der Waals surface area contributed by atoms with Crippen molar-refractivity contribution in [3.8, 4) is 0 Å². The van der Waals surface area contributed by atoms with Gasteiger partial charge in [-0.3, -0.25) is 4.79 Å². The normalized spacial score (nSPS) is 16.1. The lowest BCUT2D eigenvalue weighted by atomic mass is 10.0. The van der Waals surface area contributed by atoms with E-state index in [2.05, 4.69) is 6.92 Å². The summed E-state index contributed by atoms with van der Waals surface area (Å²) < 4.78 is 31.9. The number of sulfonamides is 1. The first-order valence-electron chi connectivity index (χ1n) is 9.34. The zero-order valence-electron chi connectivity index (χ0n) is 16.2. The molecule has 0 radical (unpaired) electrons. The Morgan fingerprint density at radius 1 is 1.11 bits per heavy atom. The number of carbonyl (C=O) groups excluding carboxylic acids is 2. The summed E-state index contributed by atoms with van der Waals surface area (Å²) in [6, 6.07) is 5.67. The summed E-state index contributed by atoms with van der Waals surface area (Å²) in [5.74, 6) is -0.370. The molecule has 0 bridgehead atoms. The van der Waals surface area contributed by atoms with E-state index in [1.54, 1.807) is 4.90 Å². The Morgan fingerprint density at radius 2 is 1.67 bits per heavy atom. The molecule has 1 aliphatic heterocycles. The van der Waals surface area contributed by atoms with Gasteiger partial charge in [-0.05, 0) is 56.9 Å². The number of nitrogens with zero attached hydrogens (tertiary/aromatic N) is 2. The van der Waals surface area contributed by atoms with Gasteiger partial charge in [0.1, 0.15) is 0 Å². The van der Waals surface area contributed by atoms with E-state index in [0.717, 1.165) is 12.8 Å². The molecule has 0 saturated carbocycles. The Labute approximate surface area is 161 Å². The Hall–Kier alpha value is -1.93. The van der Waals surface area contributed by atoms with Crippen molar-refractivity contribution in [3.63, 3.8) is 0 Å². The standard InChI is InChI=1S/C19H28N2O5S/c1-4-20(5-2)18(22)14-26-19(23)16-6-8-17(9-7-16)27(24,25)21-12-10-15(3)11-13-21/h6-9,15H,4-5,10-14H2,1-3H3. The van der Waals surface area contributed by atoms with E-state index in [1.165, 1.54) is 28.6 Å². The number of esters is 1. The van der Waals surface area contributed by atoms with Crippen molar-refractivity contribution in [2.24, 2.45) is 5.92 Å². The van der Waals surface area contributed by atoms with E-state index in [9.17, 15) is 18.0 Å². The van der Waals surface area contributed by atoms with Gasteiger partial charge in [-0.25, -0.2) is 13.2 Å². The minimum atomic E-state index is -3.55. The van der Waals surface area contributed by atoms with Crippen LogP contribution in [0.5, 0.6) is 0 Å². The zero-order chi connectivity index (χ0) is 20.0. The van der Waals surface area contributed by atoms with Gasteiger partial charge in [-0.2, -0.15) is 4.31 Å². The third-order valence-electron chi connectivity index (χ3n) is 4.91. The molecule has 7 nitrogen and oxygen atoms in total.